The summed E-state index contributed by atoms with van der Waals surface area (Å²) in [5, 5.41) is 10.6. The van der Waals surface area contributed by atoms with Crippen molar-refractivity contribution in [1.29, 1.82) is 0 Å². The van der Waals surface area contributed by atoms with Gasteiger partial charge < -0.3 is 33.8 Å². The molecule has 0 rings (SSSR count). The molecule has 91 heavy (non-hydrogen) atoms. The van der Waals surface area contributed by atoms with Gasteiger partial charge in [-0.2, -0.15) is 0 Å². The number of hydrogen-bond donors (Lipinski definition) is 3. The highest BCUT2D eigenvalue weighted by molar-refractivity contribution is 7.47. The van der Waals surface area contributed by atoms with Gasteiger partial charge in [0.1, 0.15) is 19.3 Å². The van der Waals surface area contributed by atoms with Gasteiger partial charge in [0.15, 0.2) is 12.2 Å². The minimum absolute atomic E-state index is 0.107. The van der Waals surface area contributed by atoms with Crippen molar-refractivity contribution in [2.24, 2.45) is 5.92 Å². The average molecular weight is 1340 g/mol. The van der Waals surface area contributed by atoms with E-state index in [1.807, 2.05) is 0 Å². The SMILES string of the molecule is CCCCCCCCCCCCCCCCCCCC(=O)O[C@H](COC(=O)CCCCCCCCCCCCCC(C)C)COP(=O)(O)OC[C@@H](O)COP(=O)(O)OC[C@@H](COC(=O)CCCCCCCCCCC)OC(=O)CCCCCCCCCCCCC. The molecule has 19 heteroatoms. The molecular weight excluding hydrogens is 1200 g/mol. The van der Waals surface area contributed by atoms with Gasteiger partial charge in [-0.3, -0.25) is 37.3 Å². The van der Waals surface area contributed by atoms with Crippen LogP contribution in [0.4, 0.5) is 0 Å². The first-order valence-corrected chi connectivity index (χ1v) is 40.6. The monoisotopic (exact) mass is 1340 g/mol. The largest absolute Gasteiger partial charge is 0.472 e. The first kappa shape index (κ1) is 89.1. The van der Waals surface area contributed by atoms with Crippen molar-refractivity contribution >= 4 is 39.5 Å². The molecule has 0 aliphatic carbocycles. The predicted octanol–water partition coefficient (Wildman–Crippen LogP) is 20.9. The Balaban J connectivity index is 5.22. The summed E-state index contributed by atoms with van der Waals surface area (Å²) in [7, 11) is -9.90. The van der Waals surface area contributed by atoms with Gasteiger partial charge in [0.05, 0.1) is 26.4 Å². The van der Waals surface area contributed by atoms with Gasteiger partial charge in [-0.05, 0) is 31.6 Å². The van der Waals surface area contributed by atoms with Crippen molar-refractivity contribution in [2.75, 3.05) is 39.6 Å². The zero-order chi connectivity index (χ0) is 67.0. The maximum Gasteiger partial charge on any atom is 0.472 e. The summed E-state index contributed by atoms with van der Waals surface area (Å²) in [6.45, 7) is 7.25. The Morgan fingerprint density at radius 3 is 0.747 bits per heavy atom. The van der Waals surface area contributed by atoms with Crippen molar-refractivity contribution in [3.8, 4) is 0 Å². The van der Waals surface area contributed by atoms with Gasteiger partial charge in [0.2, 0.25) is 0 Å². The lowest BCUT2D eigenvalue weighted by molar-refractivity contribution is -0.161. The fourth-order valence-corrected chi connectivity index (χ4v) is 12.6. The number of rotatable bonds is 72. The Morgan fingerprint density at radius 1 is 0.297 bits per heavy atom. The normalized spacial score (nSPS) is 14.0. The van der Waals surface area contributed by atoms with E-state index in [2.05, 4.69) is 34.6 Å². The van der Waals surface area contributed by atoms with Crippen LogP contribution in [0.15, 0.2) is 0 Å². The zero-order valence-corrected chi connectivity index (χ0v) is 60.8. The van der Waals surface area contributed by atoms with Crippen molar-refractivity contribution in [3.05, 3.63) is 0 Å². The molecule has 2 unspecified atom stereocenters. The minimum atomic E-state index is -4.95. The number of phosphoric acid groups is 2. The minimum Gasteiger partial charge on any atom is -0.462 e. The highest BCUT2D eigenvalue weighted by Gasteiger charge is 2.30. The lowest BCUT2D eigenvalue weighted by Crippen LogP contribution is -2.30. The molecule has 3 N–H and O–H groups in total. The van der Waals surface area contributed by atoms with Crippen LogP contribution < -0.4 is 0 Å². The third kappa shape index (κ3) is 66.5. The average Bonchev–Trinajstić information content (AvgIpc) is 3.73. The van der Waals surface area contributed by atoms with Gasteiger partial charge in [-0.1, -0.05) is 324 Å². The molecule has 0 aromatic carbocycles. The van der Waals surface area contributed by atoms with E-state index in [9.17, 15) is 43.2 Å². The van der Waals surface area contributed by atoms with Crippen LogP contribution in [0.3, 0.4) is 0 Å². The summed E-state index contributed by atoms with van der Waals surface area (Å²) in [4.78, 5) is 72.6. The molecular formula is C72H140O17P2. The van der Waals surface area contributed by atoms with Gasteiger partial charge in [-0.25, -0.2) is 9.13 Å². The Bertz CT molecular complexity index is 1750. The topological polar surface area (TPSA) is 237 Å². The zero-order valence-electron chi connectivity index (χ0n) is 59.0. The Morgan fingerprint density at radius 2 is 0.505 bits per heavy atom. The van der Waals surface area contributed by atoms with Crippen molar-refractivity contribution in [1.82, 2.24) is 0 Å². The number of phosphoric ester groups is 2. The molecule has 0 aliphatic heterocycles. The van der Waals surface area contributed by atoms with Crippen LogP contribution in [0.1, 0.15) is 375 Å². The second-order valence-corrected chi connectivity index (χ2v) is 29.4. The molecule has 0 bridgehead atoms. The first-order chi connectivity index (χ1) is 44.0. The van der Waals surface area contributed by atoms with E-state index in [-0.39, 0.29) is 25.7 Å². The molecule has 0 saturated carbocycles. The summed E-state index contributed by atoms with van der Waals surface area (Å²) in [5.74, 6) is -1.35. The lowest BCUT2D eigenvalue weighted by Gasteiger charge is -2.21. The fourth-order valence-electron chi connectivity index (χ4n) is 11.0. The number of carbonyl (C=O) groups excluding carboxylic acids is 4. The van der Waals surface area contributed by atoms with Gasteiger partial charge in [0, 0.05) is 25.7 Å². The number of hydrogen-bond acceptors (Lipinski definition) is 15. The Kier molecular flexibility index (Phi) is 64.0. The Labute approximate surface area is 556 Å². The van der Waals surface area contributed by atoms with E-state index in [1.165, 1.54) is 199 Å². The van der Waals surface area contributed by atoms with E-state index in [4.69, 9.17) is 37.0 Å². The van der Waals surface area contributed by atoms with E-state index < -0.39 is 97.5 Å². The maximum absolute atomic E-state index is 13.0. The number of esters is 4. The number of aliphatic hydroxyl groups is 1. The summed E-state index contributed by atoms with van der Waals surface area (Å²) < 4.78 is 68.3. The quantitative estimate of drug-likeness (QED) is 0.0222. The number of ether oxygens (including phenoxy) is 4. The van der Waals surface area contributed by atoms with Crippen molar-refractivity contribution in [2.45, 2.75) is 393 Å². The van der Waals surface area contributed by atoms with Crippen LogP contribution in [-0.4, -0.2) is 96.7 Å². The van der Waals surface area contributed by atoms with E-state index in [0.29, 0.717) is 25.7 Å². The molecule has 0 spiro atoms. The van der Waals surface area contributed by atoms with Crippen LogP contribution in [0.25, 0.3) is 0 Å². The second-order valence-electron chi connectivity index (χ2n) is 26.5. The van der Waals surface area contributed by atoms with Crippen molar-refractivity contribution in [3.63, 3.8) is 0 Å². The summed E-state index contributed by atoms with van der Waals surface area (Å²) in [5.41, 5.74) is 0. The van der Waals surface area contributed by atoms with Crippen LogP contribution in [0.5, 0.6) is 0 Å². The standard InChI is InChI=1S/C72H140O17P2/c1-6-9-12-15-18-21-23-24-25-26-27-28-32-38-43-48-53-58-72(77)89-68(62-83-70(75)56-51-46-41-36-33-29-31-35-39-44-49-54-65(4)5)64-87-91(80,81)85-60-66(73)59-84-90(78,79)86-63-67(61-82-69(74)55-50-45-40-34-20-17-14-11-8-3)88-71(76)57-52-47-42-37-30-22-19-16-13-10-7-2/h65-68,73H,6-64H2,1-5H3,(H,78,79)(H,80,81)/t66-,67+,68+/m0/s1. The van der Waals surface area contributed by atoms with E-state index in [0.717, 1.165) is 95.8 Å². The van der Waals surface area contributed by atoms with Crippen LogP contribution >= 0.6 is 15.6 Å². The van der Waals surface area contributed by atoms with Gasteiger partial charge >= 0.3 is 39.5 Å². The highest BCUT2D eigenvalue weighted by atomic mass is 31.2. The Hall–Kier alpha value is -1.94. The second kappa shape index (κ2) is 65.4. The molecule has 540 valence electrons. The number of carbonyl (C=O) groups is 4. The molecule has 0 aromatic rings. The third-order valence-corrected chi connectivity index (χ3v) is 18.7. The molecule has 0 radical (unpaired) electrons. The number of unbranched alkanes of at least 4 members (excludes halogenated alkanes) is 44. The van der Waals surface area contributed by atoms with E-state index >= 15 is 0 Å². The molecule has 0 heterocycles. The number of aliphatic hydroxyl groups excluding tert-OH is 1. The molecule has 17 nitrogen and oxygen atoms in total. The van der Waals surface area contributed by atoms with Crippen LogP contribution in [0, 0.1) is 5.92 Å². The predicted molar refractivity (Wildman–Crippen MR) is 368 cm³/mol. The highest BCUT2D eigenvalue weighted by Crippen LogP contribution is 2.45. The molecule has 5 atom stereocenters. The summed E-state index contributed by atoms with van der Waals surface area (Å²) in [6, 6.07) is 0. The summed E-state index contributed by atoms with van der Waals surface area (Å²) in [6.07, 6.45) is 52.6. The van der Waals surface area contributed by atoms with Crippen molar-refractivity contribution < 1.29 is 80.2 Å². The fraction of sp³-hybridized carbons (Fsp3) is 0.944. The summed E-state index contributed by atoms with van der Waals surface area (Å²) >= 11 is 0. The molecule has 0 aliphatic rings. The van der Waals surface area contributed by atoms with Crippen LogP contribution in [-0.2, 0) is 65.4 Å². The lowest BCUT2D eigenvalue weighted by atomic mass is 10.0. The van der Waals surface area contributed by atoms with Gasteiger partial charge in [0.25, 0.3) is 0 Å². The third-order valence-electron chi connectivity index (χ3n) is 16.8. The van der Waals surface area contributed by atoms with E-state index in [1.54, 1.807) is 0 Å². The maximum atomic E-state index is 13.0. The van der Waals surface area contributed by atoms with Gasteiger partial charge in [-0.15, -0.1) is 0 Å². The molecule has 0 fully saturated rings. The smallest absolute Gasteiger partial charge is 0.462 e. The van der Waals surface area contributed by atoms with Crippen LogP contribution in [0.2, 0.25) is 0 Å². The molecule has 0 aromatic heterocycles. The molecule has 0 saturated heterocycles. The first-order valence-electron chi connectivity index (χ1n) is 37.6. The molecule has 0 amide bonds.